The van der Waals surface area contributed by atoms with Gasteiger partial charge in [-0.1, -0.05) is 0 Å². The average Bonchev–Trinajstić information content (AvgIpc) is 2.78. The van der Waals surface area contributed by atoms with Crippen molar-refractivity contribution in [1.29, 1.82) is 5.26 Å². The maximum Gasteiger partial charge on any atom is 0.182 e. The van der Waals surface area contributed by atoms with E-state index in [4.69, 9.17) is 17.5 Å². The van der Waals surface area contributed by atoms with Gasteiger partial charge in [0, 0.05) is 6.07 Å². The lowest BCUT2D eigenvalue weighted by molar-refractivity contribution is 0.586. The zero-order valence-corrected chi connectivity index (χ0v) is 11.8. The molecule has 0 saturated heterocycles. The van der Waals surface area contributed by atoms with E-state index in [9.17, 15) is 8.78 Å². The molecular formula is C15H9F2N3S. The molecule has 1 aromatic heterocycles. The zero-order valence-electron chi connectivity index (χ0n) is 10.9. The molecule has 3 rings (SSSR count). The molecule has 0 radical (unpaired) electrons. The van der Waals surface area contributed by atoms with Crippen molar-refractivity contribution in [2.24, 2.45) is 0 Å². The van der Waals surface area contributed by atoms with Crippen LogP contribution in [0.25, 0.3) is 16.7 Å². The van der Waals surface area contributed by atoms with Gasteiger partial charge < -0.3 is 4.98 Å². The highest BCUT2D eigenvalue weighted by molar-refractivity contribution is 7.71. The third-order valence-electron chi connectivity index (χ3n) is 3.28. The third-order valence-corrected chi connectivity index (χ3v) is 3.57. The van der Waals surface area contributed by atoms with Crippen LogP contribution in [0.1, 0.15) is 11.1 Å². The van der Waals surface area contributed by atoms with E-state index in [1.54, 1.807) is 18.2 Å². The summed E-state index contributed by atoms with van der Waals surface area (Å²) in [6.45, 7) is 1.49. The van der Waals surface area contributed by atoms with Crippen LogP contribution in [-0.4, -0.2) is 9.55 Å². The molecule has 1 N–H and O–H groups in total. The van der Waals surface area contributed by atoms with Crippen LogP contribution in [0.2, 0.25) is 0 Å². The minimum Gasteiger partial charge on any atom is -0.330 e. The number of halogens is 2. The highest BCUT2D eigenvalue weighted by atomic mass is 32.1. The SMILES string of the molecule is Cc1cc(F)c(-n2c(=S)[nH]c3ccc(C#N)cc32)cc1F. The lowest BCUT2D eigenvalue weighted by atomic mass is 10.2. The molecule has 0 aliphatic rings. The number of nitrogens with one attached hydrogen (secondary N) is 1. The smallest absolute Gasteiger partial charge is 0.182 e. The topological polar surface area (TPSA) is 44.5 Å². The second kappa shape index (κ2) is 4.79. The van der Waals surface area contributed by atoms with Crippen molar-refractivity contribution in [3.8, 4) is 11.8 Å². The van der Waals surface area contributed by atoms with Crippen LogP contribution in [0, 0.1) is 34.7 Å². The molecule has 1 heterocycles. The lowest BCUT2D eigenvalue weighted by Crippen LogP contribution is -2.00. The molecule has 2 aromatic carbocycles. The summed E-state index contributed by atoms with van der Waals surface area (Å²) in [4.78, 5) is 2.92. The highest BCUT2D eigenvalue weighted by Crippen LogP contribution is 2.24. The van der Waals surface area contributed by atoms with Gasteiger partial charge in [-0.25, -0.2) is 8.78 Å². The van der Waals surface area contributed by atoms with E-state index in [1.165, 1.54) is 11.5 Å². The molecule has 0 bridgehead atoms. The fourth-order valence-electron chi connectivity index (χ4n) is 2.22. The summed E-state index contributed by atoms with van der Waals surface area (Å²) < 4.78 is 29.6. The van der Waals surface area contributed by atoms with Crippen LogP contribution in [0.5, 0.6) is 0 Å². The molecule has 0 aliphatic carbocycles. The van der Waals surface area contributed by atoms with E-state index in [0.29, 0.717) is 16.6 Å². The molecule has 3 aromatic rings. The van der Waals surface area contributed by atoms with Gasteiger partial charge in [0.2, 0.25) is 0 Å². The lowest BCUT2D eigenvalue weighted by Gasteiger charge is -2.08. The summed E-state index contributed by atoms with van der Waals surface area (Å²) in [5, 5.41) is 8.97. The summed E-state index contributed by atoms with van der Waals surface area (Å²) in [5.74, 6) is -1.09. The molecule has 0 amide bonds. The molecule has 0 atom stereocenters. The minimum absolute atomic E-state index is 0.0180. The maximum absolute atomic E-state index is 14.2. The number of fused-ring (bicyclic) bond motifs is 1. The van der Waals surface area contributed by atoms with Gasteiger partial charge in [-0.2, -0.15) is 5.26 Å². The van der Waals surface area contributed by atoms with Crippen LogP contribution < -0.4 is 0 Å². The first-order chi connectivity index (χ1) is 10.0. The average molecular weight is 301 g/mol. The van der Waals surface area contributed by atoms with Crippen molar-refractivity contribution in [2.45, 2.75) is 6.92 Å². The predicted octanol–water partition coefficient (Wildman–Crippen LogP) is 4.15. The number of hydrogen-bond acceptors (Lipinski definition) is 2. The van der Waals surface area contributed by atoms with Crippen LogP contribution in [0.4, 0.5) is 8.78 Å². The Morgan fingerprint density at radius 3 is 2.67 bits per heavy atom. The van der Waals surface area contributed by atoms with Crippen molar-refractivity contribution in [2.75, 3.05) is 0 Å². The van der Waals surface area contributed by atoms with Gasteiger partial charge >= 0.3 is 0 Å². The largest absolute Gasteiger partial charge is 0.330 e. The van der Waals surface area contributed by atoms with E-state index >= 15 is 0 Å². The second-order valence-electron chi connectivity index (χ2n) is 4.66. The number of aromatic nitrogens is 2. The van der Waals surface area contributed by atoms with Gasteiger partial charge in [-0.05, 0) is 49.0 Å². The first-order valence-electron chi connectivity index (χ1n) is 6.12. The Bertz CT molecular complexity index is 963. The normalized spacial score (nSPS) is 10.8. The summed E-state index contributed by atoms with van der Waals surface area (Å²) in [7, 11) is 0. The Labute approximate surface area is 124 Å². The van der Waals surface area contributed by atoms with Crippen LogP contribution in [0.15, 0.2) is 30.3 Å². The monoisotopic (exact) mass is 301 g/mol. The molecule has 6 heteroatoms. The number of H-pyrrole nitrogens is 1. The molecule has 0 fully saturated rings. The fourth-order valence-corrected chi connectivity index (χ4v) is 2.53. The van der Waals surface area contributed by atoms with Gasteiger partial charge in [0.25, 0.3) is 0 Å². The quantitative estimate of drug-likeness (QED) is 0.686. The van der Waals surface area contributed by atoms with Crippen LogP contribution >= 0.6 is 12.2 Å². The molecule has 0 spiro atoms. The van der Waals surface area contributed by atoms with Crippen molar-refractivity contribution in [3.05, 3.63) is 57.9 Å². The molecule has 3 nitrogen and oxygen atoms in total. The van der Waals surface area contributed by atoms with Gasteiger partial charge in [-0.15, -0.1) is 0 Å². The molecule has 21 heavy (non-hydrogen) atoms. The Morgan fingerprint density at radius 2 is 1.95 bits per heavy atom. The van der Waals surface area contributed by atoms with Crippen molar-refractivity contribution in [3.63, 3.8) is 0 Å². The number of nitriles is 1. The highest BCUT2D eigenvalue weighted by Gasteiger charge is 2.14. The number of nitrogens with zero attached hydrogens (tertiary/aromatic N) is 2. The number of benzene rings is 2. The van der Waals surface area contributed by atoms with E-state index in [-0.39, 0.29) is 16.0 Å². The van der Waals surface area contributed by atoms with E-state index in [0.717, 1.165) is 12.1 Å². The van der Waals surface area contributed by atoms with Crippen LogP contribution in [-0.2, 0) is 0 Å². The number of rotatable bonds is 1. The molecule has 104 valence electrons. The number of aromatic amines is 1. The summed E-state index contributed by atoms with van der Waals surface area (Å²) in [6, 6.07) is 9.14. The predicted molar refractivity (Wildman–Crippen MR) is 77.8 cm³/mol. The maximum atomic E-state index is 14.2. The summed E-state index contributed by atoms with van der Waals surface area (Å²) >= 11 is 5.19. The molecule has 0 unspecified atom stereocenters. The Hall–Kier alpha value is -2.52. The van der Waals surface area contributed by atoms with Crippen molar-refractivity contribution >= 4 is 23.3 Å². The minimum atomic E-state index is -0.576. The second-order valence-corrected chi connectivity index (χ2v) is 5.05. The first kappa shape index (κ1) is 13.5. The van der Waals surface area contributed by atoms with Gasteiger partial charge in [-0.3, -0.25) is 4.57 Å². The summed E-state index contributed by atoms with van der Waals surface area (Å²) in [6.07, 6.45) is 0. The summed E-state index contributed by atoms with van der Waals surface area (Å²) in [5.41, 5.74) is 1.84. The number of imidazole rings is 1. The Balaban J connectivity index is 2.40. The fraction of sp³-hybridized carbons (Fsp3) is 0.0667. The van der Waals surface area contributed by atoms with Gasteiger partial charge in [0.05, 0.1) is 28.4 Å². The van der Waals surface area contributed by atoms with Crippen molar-refractivity contribution in [1.82, 2.24) is 9.55 Å². The number of hydrogen-bond donors (Lipinski definition) is 1. The third kappa shape index (κ3) is 2.12. The van der Waals surface area contributed by atoms with Gasteiger partial charge in [0.15, 0.2) is 4.77 Å². The Morgan fingerprint density at radius 1 is 1.19 bits per heavy atom. The zero-order chi connectivity index (χ0) is 15.1. The van der Waals surface area contributed by atoms with E-state index in [2.05, 4.69) is 4.98 Å². The van der Waals surface area contributed by atoms with Crippen LogP contribution in [0.3, 0.4) is 0 Å². The van der Waals surface area contributed by atoms with Crippen molar-refractivity contribution < 1.29 is 8.78 Å². The first-order valence-corrected chi connectivity index (χ1v) is 6.53. The number of aryl methyl sites for hydroxylation is 1. The van der Waals surface area contributed by atoms with Gasteiger partial charge in [0.1, 0.15) is 11.6 Å². The molecule has 0 saturated carbocycles. The van der Waals surface area contributed by atoms with E-state index < -0.39 is 11.6 Å². The molecule has 0 aliphatic heterocycles. The molecular weight excluding hydrogens is 292 g/mol. The van der Waals surface area contributed by atoms with E-state index in [1.807, 2.05) is 6.07 Å². The standard InChI is InChI=1S/C15H9F2N3S/c1-8-4-11(17)13(6-10(8)16)20-14-5-9(7-18)2-3-12(14)19-15(20)21/h2-6H,1H3,(H,19,21). The Kier molecular flexibility index (Phi) is 3.07.